The zero-order chi connectivity index (χ0) is 12.1. The van der Waals surface area contributed by atoms with Crippen molar-refractivity contribution >= 4 is 11.7 Å². The quantitative estimate of drug-likeness (QED) is 0.830. The van der Waals surface area contributed by atoms with E-state index in [0.717, 1.165) is 18.5 Å². The van der Waals surface area contributed by atoms with E-state index in [0.29, 0.717) is 11.6 Å². The Morgan fingerprint density at radius 3 is 2.12 bits per heavy atom. The first-order chi connectivity index (χ1) is 7.60. The van der Waals surface area contributed by atoms with Crippen LogP contribution in [0.15, 0.2) is 24.3 Å². The molecule has 1 aromatic rings. The normalized spacial score (nSPS) is 10.5. The molecule has 0 fully saturated rings. The summed E-state index contributed by atoms with van der Waals surface area (Å²) in [5.41, 5.74) is 1.40. The molecule has 0 radical (unpaired) electrons. The summed E-state index contributed by atoms with van der Waals surface area (Å²) in [7, 11) is 2.05. The van der Waals surface area contributed by atoms with Crippen LogP contribution in [0.3, 0.4) is 0 Å². The van der Waals surface area contributed by atoms with Crippen LogP contribution >= 0.6 is 0 Å². The number of rotatable bonds is 5. The van der Waals surface area contributed by atoms with Crippen molar-refractivity contribution in [2.75, 3.05) is 11.9 Å². The lowest BCUT2D eigenvalue weighted by Gasteiger charge is -2.28. The predicted octanol–water partition coefficient (Wildman–Crippen LogP) is 3.01. The molecule has 0 spiro atoms. The number of nitrogens with zero attached hydrogens (tertiary/aromatic N) is 1. The second-order valence-electron chi connectivity index (χ2n) is 3.93. The van der Waals surface area contributed by atoms with Crippen LogP contribution < -0.4 is 4.90 Å². The number of hydrogen-bond donors (Lipinski definition) is 1. The molecular formula is C13H19NO2. The zero-order valence-corrected chi connectivity index (χ0v) is 10.1. The van der Waals surface area contributed by atoms with Crippen molar-refractivity contribution in [2.45, 2.75) is 32.7 Å². The molecule has 0 aromatic heterocycles. The highest BCUT2D eigenvalue weighted by molar-refractivity contribution is 5.88. The second kappa shape index (κ2) is 5.54. The Morgan fingerprint density at radius 2 is 1.75 bits per heavy atom. The van der Waals surface area contributed by atoms with E-state index in [4.69, 9.17) is 5.11 Å². The Balaban J connectivity index is 2.84. The topological polar surface area (TPSA) is 40.5 Å². The van der Waals surface area contributed by atoms with Crippen molar-refractivity contribution in [1.82, 2.24) is 0 Å². The monoisotopic (exact) mass is 221 g/mol. The smallest absolute Gasteiger partial charge is 0.335 e. The number of carboxylic acid groups (broad SMARTS) is 1. The minimum atomic E-state index is -0.878. The number of carboxylic acids is 1. The molecule has 0 aliphatic heterocycles. The van der Waals surface area contributed by atoms with E-state index < -0.39 is 5.97 Å². The first-order valence-corrected chi connectivity index (χ1v) is 5.66. The third-order valence-electron chi connectivity index (χ3n) is 3.01. The molecule has 0 heterocycles. The molecule has 0 saturated heterocycles. The van der Waals surface area contributed by atoms with Gasteiger partial charge in [0.1, 0.15) is 0 Å². The highest BCUT2D eigenvalue weighted by atomic mass is 16.4. The second-order valence-corrected chi connectivity index (χ2v) is 3.93. The molecule has 0 aliphatic carbocycles. The van der Waals surface area contributed by atoms with Crippen LogP contribution in [-0.2, 0) is 0 Å². The van der Waals surface area contributed by atoms with Gasteiger partial charge in [-0.05, 0) is 37.1 Å². The van der Waals surface area contributed by atoms with Gasteiger partial charge in [-0.2, -0.15) is 0 Å². The summed E-state index contributed by atoms with van der Waals surface area (Å²) in [4.78, 5) is 12.9. The van der Waals surface area contributed by atoms with Gasteiger partial charge in [0.15, 0.2) is 0 Å². The summed E-state index contributed by atoms with van der Waals surface area (Å²) < 4.78 is 0. The third-order valence-corrected chi connectivity index (χ3v) is 3.01. The highest BCUT2D eigenvalue weighted by Crippen LogP contribution is 2.19. The Morgan fingerprint density at radius 1 is 1.25 bits per heavy atom. The fourth-order valence-corrected chi connectivity index (χ4v) is 1.89. The van der Waals surface area contributed by atoms with Crippen molar-refractivity contribution < 1.29 is 9.90 Å². The van der Waals surface area contributed by atoms with E-state index in [1.165, 1.54) is 0 Å². The SMILES string of the molecule is CCC(CC)N(C)c1ccc(C(=O)O)cc1. The van der Waals surface area contributed by atoms with Gasteiger partial charge in [0.25, 0.3) is 0 Å². The van der Waals surface area contributed by atoms with Crippen LogP contribution in [0.25, 0.3) is 0 Å². The molecule has 3 heteroatoms. The summed E-state index contributed by atoms with van der Waals surface area (Å²) in [5.74, 6) is -0.878. The maximum Gasteiger partial charge on any atom is 0.335 e. The van der Waals surface area contributed by atoms with Gasteiger partial charge in [-0.15, -0.1) is 0 Å². The van der Waals surface area contributed by atoms with Crippen molar-refractivity contribution in [3.05, 3.63) is 29.8 Å². The van der Waals surface area contributed by atoms with Crippen LogP contribution in [0.1, 0.15) is 37.0 Å². The first-order valence-electron chi connectivity index (χ1n) is 5.66. The van der Waals surface area contributed by atoms with Crippen molar-refractivity contribution in [2.24, 2.45) is 0 Å². The molecule has 0 atom stereocenters. The lowest BCUT2D eigenvalue weighted by Crippen LogP contribution is -2.30. The average molecular weight is 221 g/mol. The number of benzene rings is 1. The summed E-state index contributed by atoms with van der Waals surface area (Å²) in [6.07, 6.45) is 2.18. The molecule has 0 saturated carbocycles. The summed E-state index contributed by atoms with van der Waals surface area (Å²) in [6, 6.07) is 7.53. The van der Waals surface area contributed by atoms with Gasteiger partial charge in [-0.25, -0.2) is 4.79 Å². The zero-order valence-electron chi connectivity index (χ0n) is 10.1. The standard InChI is InChI=1S/C13H19NO2/c1-4-11(5-2)14(3)12-8-6-10(7-9-12)13(15)16/h6-9,11H,4-5H2,1-3H3,(H,15,16). The van der Waals surface area contributed by atoms with Crippen molar-refractivity contribution in [3.8, 4) is 0 Å². The Bertz CT molecular complexity index is 341. The van der Waals surface area contributed by atoms with Gasteiger partial charge >= 0.3 is 5.97 Å². The van der Waals surface area contributed by atoms with Crippen LogP contribution in [-0.4, -0.2) is 24.2 Å². The van der Waals surface area contributed by atoms with Crippen molar-refractivity contribution in [3.63, 3.8) is 0 Å². The maximum absolute atomic E-state index is 10.7. The Hall–Kier alpha value is -1.51. The lowest BCUT2D eigenvalue weighted by molar-refractivity contribution is 0.0697. The first kappa shape index (κ1) is 12.6. The van der Waals surface area contributed by atoms with E-state index in [1.54, 1.807) is 12.1 Å². The van der Waals surface area contributed by atoms with Gasteiger partial charge in [0.05, 0.1) is 5.56 Å². The van der Waals surface area contributed by atoms with E-state index in [2.05, 4.69) is 18.7 Å². The largest absolute Gasteiger partial charge is 0.478 e. The summed E-state index contributed by atoms with van der Waals surface area (Å²) >= 11 is 0. The summed E-state index contributed by atoms with van der Waals surface area (Å²) in [6.45, 7) is 4.33. The minimum Gasteiger partial charge on any atom is -0.478 e. The maximum atomic E-state index is 10.7. The molecule has 16 heavy (non-hydrogen) atoms. The van der Waals surface area contributed by atoms with E-state index >= 15 is 0 Å². The number of anilines is 1. The van der Waals surface area contributed by atoms with Crippen LogP contribution in [0.4, 0.5) is 5.69 Å². The fourth-order valence-electron chi connectivity index (χ4n) is 1.89. The molecule has 1 N–H and O–H groups in total. The molecule has 0 amide bonds. The minimum absolute atomic E-state index is 0.335. The van der Waals surface area contributed by atoms with Crippen molar-refractivity contribution in [1.29, 1.82) is 0 Å². The molecule has 3 nitrogen and oxygen atoms in total. The molecule has 0 aliphatic rings. The average Bonchev–Trinajstić information content (AvgIpc) is 2.30. The third kappa shape index (κ3) is 2.75. The van der Waals surface area contributed by atoms with Gasteiger partial charge in [0, 0.05) is 18.8 Å². The molecule has 0 unspecified atom stereocenters. The van der Waals surface area contributed by atoms with E-state index in [1.807, 2.05) is 19.2 Å². The van der Waals surface area contributed by atoms with E-state index in [-0.39, 0.29) is 0 Å². The van der Waals surface area contributed by atoms with Gasteiger partial charge in [-0.3, -0.25) is 0 Å². The summed E-state index contributed by atoms with van der Waals surface area (Å²) in [5, 5.41) is 8.80. The molecule has 1 aromatic carbocycles. The van der Waals surface area contributed by atoms with Gasteiger partial charge in [-0.1, -0.05) is 13.8 Å². The molecule has 0 bridgehead atoms. The predicted molar refractivity (Wildman–Crippen MR) is 66.2 cm³/mol. The highest BCUT2D eigenvalue weighted by Gasteiger charge is 2.11. The number of aromatic carboxylic acids is 1. The number of carbonyl (C=O) groups is 1. The van der Waals surface area contributed by atoms with Crippen LogP contribution in [0.5, 0.6) is 0 Å². The van der Waals surface area contributed by atoms with Gasteiger partial charge in [0.2, 0.25) is 0 Å². The molecule has 1 rings (SSSR count). The molecular weight excluding hydrogens is 202 g/mol. The van der Waals surface area contributed by atoms with E-state index in [9.17, 15) is 4.79 Å². The Labute approximate surface area is 96.7 Å². The lowest BCUT2D eigenvalue weighted by atomic mass is 10.1. The van der Waals surface area contributed by atoms with Gasteiger partial charge < -0.3 is 10.0 Å². The van der Waals surface area contributed by atoms with Crippen LogP contribution in [0.2, 0.25) is 0 Å². The van der Waals surface area contributed by atoms with Crippen LogP contribution in [0, 0.1) is 0 Å². The fraction of sp³-hybridized carbons (Fsp3) is 0.462. The molecule has 88 valence electrons. The Kier molecular flexibility index (Phi) is 4.35. The number of hydrogen-bond acceptors (Lipinski definition) is 2.